The number of aliphatic hydroxyl groups excluding tert-OH is 1. The number of Topliss-reactive ketones (excluding diaryl/α,β-unsaturated/α-hetero) is 1. The zero-order chi connectivity index (χ0) is 30.8. The maximum absolute atomic E-state index is 13.2. The molecule has 0 aromatic carbocycles. The second kappa shape index (κ2) is 15.0. The third-order valence-corrected chi connectivity index (χ3v) is 9.73. The van der Waals surface area contributed by atoms with Crippen LogP contribution < -0.4 is 45.5 Å². The summed E-state index contributed by atoms with van der Waals surface area (Å²) in [6.07, 6.45) is 3.67. The number of ether oxygens (including phenoxy) is 1. The molecule has 4 amide bonds. The van der Waals surface area contributed by atoms with E-state index in [2.05, 4.69) is 16.0 Å². The minimum atomic E-state index is -5.43. The van der Waals surface area contributed by atoms with E-state index in [9.17, 15) is 42.0 Å². The van der Waals surface area contributed by atoms with E-state index in [4.69, 9.17) is 4.74 Å². The van der Waals surface area contributed by atoms with Crippen LogP contribution in [0.15, 0.2) is 0 Å². The van der Waals surface area contributed by atoms with E-state index in [1.165, 1.54) is 6.42 Å². The van der Waals surface area contributed by atoms with E-state index in [0.717, 1.165) is 19.3 Å². The molecule has 0 radical (unpaired) electrons. The fourth-order valence-electron chi connectivity index (χ4n) is 6.70. The molecule has 4 rings (SSSR count). The summed E-state index contributed by atoms with van der Waals surface area (Å²) in [6.45, 7) is 4.95. The summed E-state index contributed by atoms with van der Waals surface area (Å²) in [7, 11) is -5.43. The monoisotopic (exact) mass is 636 g/mol. The predicted octanol–water partition coefficient (Wildman–Crippen LogP) is -3.53. The number of alkyl carbamates (subject to hydrolysis) is 1. The minimum absolute atomic E-state index is 0. The van der Waals surface area contributed by atoms with Crippen LogP contribution in [0.25, 0.3) is 0 Å². The summed E-state index contributed by atoms with van der Waals surface area (Å²) >= 11 is 0. The van der Waals surface area contributed by atoms with Gasteiger partial charge in [0.05, 0.1) is 12.6 Å². The van der Waals surface area contributed by atoms with Crippen molar-refractivity contribution in [1.29, 1.82) is 0 Å². The molecule has 2 saturated heterocycles. The van der Waals surface area contributed by atoms with E-state index < -0.39 is 57.2 Å². The standard InChI is InChI=1S/C27H42N4O10S.Na/c1-14(2)7-21(24(34)29-20(10-18-5-6-28-23(18)33)22(32)26(36)42(38,39)40)30-27(37)41-13-16-11-31(12-16)25(35)19-9-15-3-4-17(19)8-15;/h14-21,26,36H,3-13H2,1-2H3,(H,28,33)(H,29,34)(H,30,37)(H,38,39,40);/q;+1/p-1/t15?,17?,18-,19?,20+,21+,26?;/m1./s1. The van der Waals surface area contributed by atoms with E-state index in [-0.39, 0.29) is 72.7 Å². The van der Waals surface area contributed by atoms with Crippen LogP contribution in [-0.2, 0) is 34.0 Å². The van der Waals surface area contributed by atoms with Crippen molar-refractivity contribution in [2.24, 2.45) is 35.5 Å². The van der Waals surface area contributed by atoms with Crippen molar-refractivity contribution in [1.82, 2.24) is 20.9 Å². The maximum Gasteiger partial charge on any atom is 1.00 e. The molecule has 0 spiro atoms. The van der Waals surface area contributed by atoms with Gasteiger partial charge < -0.3 is 35.2 Å². The van der Waals surface area contributed by atoms with Crippen molar-refractivity contribution in [2.75, 3.05) is 26.2 Å². The molecule has 16 heteroatoms. The average Bonchev–Trinajstić information content (AvgIpc) is 3.63. The number of nitrogens with one attached hydrogen (secondary N) is 3. The largest absolute Gasteiger partial charge is 1.00 e. The van der Waals surface area contributed by atoms with Gasteiger partial charge >= 0.3 is 35.7 Å². The fraction of sp³-hybridized carbons (Fsp3) is 0.815. The summed E-state index contributed by atoms with van der Waals surface area (Å²) in [5, 5.41) is 17.1. The SMILES string of the molecule is CC(C)C[C@H](NC(=O)OCC1CN(C(=O)C2CC3CCC2C3)C1)C(=O)N[C@@H](C[C@H]1CCNC1=O)C(=O)C(O)S(=O)(=O)[O-].[Na+]. The Labute approximate surface area is 273 Å². The first kappa shape index (κ1) is 35.7. The third kappa shape index (κ3) is 9.13. The fourth-order valence-corrected chi connectivity index (χ4v) is 7.15. The van der Waals surface area contributed by atoms with Crippen molar-refractivity contribution in [3.05, 3.63) is 0 Å². The molecule has 2 heterocycles. The van der Waals surface area contributed by atoms with Crippen molar-refractivity contribution in [2.45, 2.75) is 76.3 Å². The molecular formula is C27H41N4NaO10S. The zero-order valence-electron chi connectivity index (χ0n) is 25.0. The molecular weight excluding hydrogens is 595 g/mol. The second-order valence-electron chi connectivity index (χ2n) is 12.6. The second-order valence-corrected chi connectivity index (χ2v) is 14.1. The predicted molar refractivity (Wildman–Crippen MR) is 145 cm³/mol. The molecule has 2 bridgehead atoms. The molecule has 0 aromatic rings. The summed E-state index contributed by atoms with van der Waals surface area (Å²) in [6, 6.07) is -2.85. The van der Waals surface area contributed by atoms with Crippen LogP contribution in [0.2, 0.25) is 0 Å². The average molecular weight is 637 g/mol. The van der Waals surface area contributed by atoms with Crippen LogP contribution in [-0.4, -0.2) is 96.3 Å². The van der Waals surface area contributed by atoms with Gasteiger partial charge in [-0.1, -0.05) is 20.3 Å². The Kier molecular flexibility index (Phi) is 12.5. The Morgan fingerprint density at radius 3 is 2.33 bits per heavy atom. The summed E-state index contributed by atoms with van der Waals surface area (Å²) < 4.78 is 39.2. The van der Waals surface area contributed by atoms with Gasteiger partial charge in [0.25, 0.3) is 0 Å². The maximum atomic E-state index is 13.2. The van der Waals surface area contributed by atoms with E-state index in [0.29, 0.717) is 37.9 Å². The van der Waals surface area contributed by atoms with Gasteiger partial charge in [-0.05, 0) is 56.3 Å². The Balaban J connectivity index is 0.00000506. The van der Waals surface area contributed by atoms with Gasteiger partial charge in [0.1, 0.15) is 16.2 Å². The number of aliphatic hydroxyl groups is 1. The number of hydrogen-bond donors (Lipinski definition) is 4. The summed E-state index contributed by atoms with van der Waals surface area (Å²) in [5.41, 5.74) is -2.92. The topological polar surface area (TPSA) is 211 Å². The minimum Gasteiger partial charge on any atom is -0.746 e. The number of likely N-dealkylation sites (tertiary alicyclic amines) is 1. The van der Waals surface area contributed by atoms with Crippen LogP contribution in [0.1, 0.15) is 58.8 Å². The first-order valence-electron chi connectivity index (χ1n) is 14.7. The van der Waals surface area contributed by atoms with Crippen LogP contribution in [0, 0.1) is 35.5 Å². The van der Waals surface area contributed by atoms with Crippen LogP contribution in [0.5, 0.6) is 0 Å². The molecule has 4 N–H and O–H groups in total. The molecule has 43 heavy (non-hydrogen) atoms. The molecule has 14 nitrogen and oxygen atoms in total. The Morgan fingerprint density at radius 1 is 1.09 bits per heavy atom. The smallest absolute Gasteiger partial charge is 0.746 e. The molecule has 4 aliphatic rings. The first-order valence-corrected chi connectivity index (χ1v) is 16.2. The van der Waals surface area contributed by atoms with Crippen molar-refractivity contribution in [3.8, 4) is 0 Å². The van der Waals surface area contributed by atoms with Crippen molar-refractivity contribution in [3.63, 3.8) is 0 Å². The number of ketones is 1. The van der Waals surface area contributed by atoms with Crippen LogP contribution in [0.3, 0.4) is 0 Å². The number of hydrogen-bond acceptors (Lipinski definition) is 10. The molecule has 0 aromatic heterocycles. The number of carbonyl (C=O) groups excluding carboxylic acids is 5. The Hall–Kier alpha value is -1.78. The molecule has 2 saturated carbocycles. The molecule has 7 atom stereocenters. The Bertz CT molecular complexity index is 1180. The molecule has 2 aliphatic heterocycles. The first-order chi connectivity index (χ1) is 19.7. The van der Waals surface area contributed by atoms with E-state index >= 15 is 0 Å². The van der Waals surface area contributed by atoms with E-state index in [1.54, 1.807) is 13.8 Å². The third-order valence-electron chi connectivity index (χ3n) is 8.95. The number of carbonyl (C=O) groups is 5. The molecule has 2 aliphatic carbocycles. The van der Waals surface area contributed by atoms with Crippen molar-refractivity contribution >= 4 is 39.7 Å². The van der Waals surface area contributed by atoms with Gasteiger partial charge in [-0.3, -0.25) is 19.2 Å². The van der Waals surface area contributed by atoms with Crippen molar-refractivity contribution < 1.29 is 76.3 Å². The van der Waals surface area contributed by atoms with Crippen LogP contribution in [0.4, 0.5) is 4.79 Å². The van der Waals surface area contributed by atoms with Crippen LogP contribution >= 0.6 is 0 Å². The van der Waals surface area contributed by atoms with Gasteiger partial charge in [-0.25, -0.2) is 13.2 Å². The molecule has 4 fully saturated rings. The molecule has 4 unspecified atom stereocenters. The number of amides is 4. The quantitative estimate of drug-likeness (QED) is 0.116. The number of fused-ring (bicyclic) bond motifs is 2. The zero-order valence-corrected chi connectivity index (χ0v) is 27.8. The Morgan fingerprint density at radius 2 is 1.79 bits per heavy atom. The normalized spacial score (nSPS) is 27.0. The summed E-state index contributed by atoms with van der Waals surface area (Å²) in [4.78, 5) is 65.1. The van der Waals surface area contributed by atoms with Gasteiger partial charge in [-0.2, -0.15) is 0 Å². The van der Waals surface area contributed by atoms with Gasteiger partial charge in [0.2, 0.25) is 23.2 Å². The number of rotatable bonds is 13. The van der Waals surface area contributed by atoms with Gasteiger partial charge in [0.15, 0.2) is 5.78 Å². The molecule has 236 valence electrons. The number of nitrogens with zero attached hydrogens (tertiary/aromatic N) is 1. The van der Waals surface area contributed by atoms with E-state index in [1.807, 2.05) is 4.90 Å². The summed E-state index contributed by atoms with van der Waals surface area (Å²) in [5.74, 6) is -2.14. The van der Waals surface area contributed by atoms with Gasteiger partial charge in [0, 0.05) is 37.4 Å². The van der Waals surface area contributed by atoms with Gasteiger partial charge in [-0.15, -0.1) is 0 Å².